The zero-order valence-corrected chi connectivity index (χ0v) is 19.2. The summed E-state index contributed by atoms with van der Waals surface area (Å²) in [5.41, 5.74) is 1.97. The molecule has 0 amide bonds. The van der Waals surface area contributed by atoms with E-state index in [0.717, 1.165) is 26.3 Å². The Morgan fingerprint density at radius 1 is 1.12 bits per heavy atom. The van der Waals surface area contributed by atoms with Crippen LogP contribution in [0.15, 0.2) is 39.5 Å². The number of carboxylic acid groups (broad SMARTS) is 1. The second kappa shape index (κ2) is 10.6. The molecule has 0 atom stereocenters. The van der Waals surface area contributed by atoms with Crippen LogP contribution in [-0.2, 0) is 16.0 Å². The highest BCUT2D eigenvalue weighted by atomic mass is 16.7. The molecular formula is C25H27NO8. The minimum Gasteiger partial charge on any atom is -0.546 e. The van der Waals surface area contributed by atoms with E-state index in [4.69, 9.17) is 23.4 Å². The van der Waals surface area contributed by atoms with E-state index in [2.05, 4.69) is 5.32 Å². The molecule has 9 nitrogen and oxygen atoms in total. The number of aryl methyl sites for hydroxylation is 2. The lowest BCUT2D eigenvalue weighted by Gasteiger charge is -2.13. The molecule has 1 aromatic heterocycles. The van der Waals surface area contributed by atoms with Gasteiger partial charge >= 0.3 is 0 Å². The highest BCUT2D eigenvalue weighted by Crippen LogP contribution is 2.37. The lowest BCUT2D eigenvalue weighted by Crippen LogP contribution is -2.87. The fraction of sp³-hybridized carbons (Fsp3) is 0.360. The summed E-state index contributed by atoms with van der Waals surface area (Å²) in [6, 6.07) is 8.54. The van der Waals surface area contributed by atoms with E-state index < -0.39 is 12.6 Å². The van der Waals surface area contributed by atoms with Crippen molar-refractivity contribution in [1.29, 1.82) is 0 Å². The van der Waals surface area contributed by atoms with Crippen molar-refractivity contribution in [1.82, 2.24) is 0 Å². The van der Waals surface area contributed by atoms with Gasteiger partial charge in [0.1, 0.15) is 23.7 Å². The van der Waals surface area contributed by atoms with Crippen LogP contribution in [0.4, 0.5) is 0 Å². The number of benzene rings is 2. The standard InChI is InChI=1S/C21H18O7.C4H9NO/c1-3-12-6-14-17(8-16(12)25-9-19(22)23)28-11(2)20(21(14)24)13-4-5-15-18(7-13)27-10-26-15;1-3-6-4-2-5-1/h4-8H,3,9-10H2,1-2H3,(H,22,23);5H,1-4H2. The summed E-state index contributed by atoms with van der Waals surface area (Å²) >= 11 is 0. The Hall–Kier alpha value is -3.56. The molecule has 1 saturated heterocycles. The maximum absolute atomic E-state index is 13.2. The number of rotatable bonds is 5. The number of aliphatic carboxylic acids is 1. The fourth-order valence-corrected chi connectivity index (χ4v) is 3.89. The second-order valence-corrected chi connectivity index (χ2v) is 7.88. The number of ether oxygens (including phenoxy) is 4. The van der Waals surface area contributed by atoms with E-state index in [1.54, 1.807) is 37.3 Å². The van der Waals surface area contributed by atoms with Gasteiger partial charge < -0.3 is 38.6 Å². The Labute approximate surface area is 196 Å². The highest BCUT2D eigenvalue weighted by molar-refractivity contribution is 5.85. The lowest BCUT2D eigenvalue weighted by molar-refractivity contribution is -0.670. The second-order valence-electron chi connectivity index (χ2n) is 7.88. The van der Waals surface area contributed by atoms with Crippen molar-refractivity contribution in [3.8, 4) is 28.4 Å². The molecule has 3 heterocycles. The van der Waals surface area contributed by atoms with Gasteiger partial charge in [-0.2, -0.15) is 0 Å². The molecule has 0 saturated carbocycles. The van der Waals surface area contributed by atoms with Crippen molar-refractivity contribution in [2.24, 2.45) is 0 Å². The molecule has 9 heteroatoms. The minimum absolute atomic E-state index is 0.151. The molecule has 3 aromatic rings. The summed E-state index contributed by atoms with van der Waals surface area (Å²) in [4.78, 5) is 23.9. The number of hydrogen-bond donors (Lipinski definition) is 1. The van der Waals surface area contributed by atoms with Gasteiger partial charge in [0.25, 0.3) is 0 Å². The Morgan fingerprint density at radius 2 is 1.88 bits per heavy atom. The molecule has 0 spiro atoms. The van der Waals surface area contributed by atoms with E-state index in [9.17, 15) is 14.7 Å². The van der Waals surface area contributed by atoms with Crippen LogP contribution in [0.2, 0.25) is 0 Å². The predicted molar refractivity (Wildman–Crippen MR) is 121 cm³/mol. The largest absolute Gasteiger partial charge is 0.546 e. The van der Waals surface area contributed by atoms with Crippen LogP contribution in [-0.4, -0.2) is 45.7 Å². The predicted octanol–water partition coefficient (Wildman–Crippen LogP) is 0.768. The summed E-state index contributed by atoms with van der Waals surface area (Å²) in [6.45, 7) is 7.37. The Balaban J connectivity index is 0.000000398. The normalized spacial score (nSPS) is 14.4. The molecule has 180 valence electrons. The molecule has 34 heavy (non-hydrogen) atoms. The molecule has 0 bridgehead atoms. The lowest BCUT2D eigenvalue weighted by atomic mass is 10.0. The van der Waals surface area contributed by atoms with Crippen LogP contribution in [0.25, 0.3) is 22.1 Å². The van der Waals surface area contributed by atoms with Gasteiger partial charge in [-0.1, -0.05) is 13.0 Å². The Bertz CT molecular complexity index is 1230. The van der Waals surface area contributed by atoms with Crippen LogP contribution in [0.3, 0.4) is 0 Å². The quantitative estimate of drug-likeness (QED) is 0.581. The van der Waals surface area contributed by atoms with Crippen molar-refractivity contribution in [3.63, 3.8) is 0 Å². The van der Waals surface area contributed by atoms with Crippen LogP contribution in [0, 0.1) is 6.92 Å². The number of nitrogens with two attached hydrogens (primary N) is 1. The number of quaternary nitrogens is 1. The van der Waals surface area contributed by atoms with Crippen LogP contribution >= 0.6 is 0 Å². The number of carbonyl (C=O) groups excluding carboxylic acids is 1. The van der Waals surface area contributed by atoms with E-state index in [0.29, 0.717) is 57.1 Å². The van der Waals surface area contributed by atoms with Gasteiger partial charge in [0.05, 0.1) is 43.2 Å². The average molecular weight is 469 g/mol. The summed E-state index contributed by atoms with van der Waals surface area (Å²) in [5, 5.41) is 13.4. The minimum atomic E-state index is -1.32. The van der Waals surface area contributed by atoms with Crippen molar-refractivity contribution < 1.29 is 38.6 Å². The molecule has 1 fully saturated rings. The molecule has 2 aromatic carbocycles. The number of morpholine rings is 1. The first-order valence-electron chi connectivity index (χ1n) is 11.2. The zero-order chi connectivity index (χ0) is 24.1. The average Bonchev–Trinajstić information content (AvgIpc) is 3.32. The van der Waals surface area contributed by atoms with Crippen LogP contribution in [0.1, 0.15) is 18.2 Å². The first-order valence-corrected chi connectivity index (χ1v) is 11.2. The molecule has 2 aliphatic rings. The monoisotopic (exact) mass is 469 g/mol. The first kappa shape index (κ1) is 23.6. The molecule has 0 radical (unpaired) electrons. The maximum atomic E-state index is 13.2. The van der Waals surface area contributed by atoms with E-state index in [1.165, 1.54) is 0 Å². The van der Waals surface area contributed by atoms with Gasteiger partial charge in [-0.25, -0.2) is 0 Å². The van der Waals surface area contributed by atoms with Gasteiger partial charge in [-0.05, 0) is 42.7 Å². The zero-order valence-electron chi connectivity index (χ0n) is 19.2. The summed E-state index contributed by atoms with van der Waals surface area (Å²) in [6.07, 6.45) is 0.561. The number of carboxylic acids is 1. The van der Waals surface area contributed by atoms with Gasteiger partial charge in [0, 0.05) is 6.07 Å². The maximum Gasteiger partial charge on any atom is 0.231 e. The molecule has 0 aliphatic carbocycles. The molecule has 5 rings (SSSR count). The third kappa shape index (κ3) is 5.16. The Morgan fingerprint density at radius 3 is 2.53 bits per heavy atom. The third-order valence-corrected chi connectivity index (χ3v) is 5.57. The summed E-state index contributed by atoms with van der Waals surface area (Å²) < 4.78 is 26.9. The third-order valence-electron chi connectivity index (χ3n) is 5.57. The summed E-state index contributed by atoms with van der Waals surface area (Å²) in [7, 11) is 0. The van der Waals surface area contributed by atoms with Crippen molar-refractivity contribution in [2.45, 2.75) is 20.3 Å². The molecule has 2 N–H and O–H groups in total. The number of fused-ring (bicyclic) bond motifs is 2. The van der Waals surface area contributed by atoms with Crippen molar-refractivity contribution >= 4 is 16.9 Å². The van der Waals surface area contributed by atoms with Crippen LogP contribution in [0.5, 0.6) is 17.2 Å². The number of carbonyl (C=O) groups is 1. The van der Waals surface area contributed by atoms with Gasteiger partial charge in [-0.15, -0.1) is 0 Å². The molecular weight excluding hydrogens is 442 g/mol. The van der Waals surface area contributed by atoms with Crippen molar-refractivity contribution in [2.75, 3.05) is 39.7 Å². The van der Waals surface area contributed by atoms with Gasteiger partial charge in [-0.3, -0.25) is 4.79 Å². The van der Waals surface area contributed by atoms with Crippen molar-refractivity contribution in [3.05, 3.63) is 51.9 Å². The molecule has 2 aliphatic heterocycles. The van der Waals surface area contributed by atoms with E-state index >= 15 is 0 Å². The summed E-state index contributed by atoms with van der Waals surface area (Å²) in [5.74, 6) is 0.688. The van der Waals surface area contributed by atoms with Crippen LogP contribution < -0.4 is 30.1 Å². The van der Waals surface area contributed by atoms with E-state index in [-0.39, 0.29) is 12.2 Å². The van der Waals surface area contributed by atoms with Gasteiger partial charge in [0.15, 0.2) is 11.5 Å². The smallest absolute Gasteiger partial charge is 0.231 e. The van der Waals surface area contributed by atoms with E-state index in [1.807, 2.05) is 6.92 Å². The molecule has 0 unspecified atom stereocenters. The fourth-order valence-electron chi connectivity index (χ4n) is 3.89. The number of hydrogen-bond acceptors (Lipinski definition) is 8. The van der Waals surface area contributed by atoms with Gasteiger partial charge in [0.2, 0.25) is 12.2 Å². The highest BCUT2D eigenvalue weighted by Gasteiger charge is 2.19. The topological polar surface area (TPSA) is 124 Å². The first-order chi connectivity index (χ1) is 16.5. The SMILES string of the molecule is C1COCC[NH2+]1.CCc1cc2c(=O)c(-c3ccc4c(c3)OCO4)c(C)oc2cc1OCC(=O)[O-]. The Kier molecular flexibility index (Phi) is 7.34.